The average molecular weight is 298 g/mol. The molecule has 0 saturated heterocycles. The highest BCUT2D eigenvalue weighted by Crippen LogP contribution is 2.29. The lowest BCUT2D eigenvalue weighted by molar-refractivity contribution is -0.117. The summed E-state index contributed by atoms with van der Waals surface area (Å²) >= 11 is 0. The number of ether oxygens (including phenoxy) is 1. The number of nitrogens with zero attached hydrogens (tertiary/aromatic N) is 1. The number of carbonyl (C=O) groups excluding carboxylic acids is 1. The number of para-hydroxylation sites is 1. The summed E-state index contributed by atoms with van der Waals surface area (Å²) in [6.07, 6.45) is 5.72. The van der Waals surface area contributed by atoms with Gasteiger partial charge >= 0.3 is 0 Å². The molecule has 0 radical (unpaired) electrons. The fourth-order valence-corrected chi connectivity index (χ4v) is 2.94. The number of methoxy groups -OCH3 is 1. The number of hydrogen-bond acceptors (Lipinski definition) is 3. The van der Waals surface area contributed by atoms with Crippen LogP contribution in [0.15, 0.2) is 35.9 Å². The fourth-order valence-electron chi connectivity index (χ4n) is 2.94. The molecular weight excluding hydrogens is 276 g/mol. The molecule has 1 aliphatic carbocycles. The Morgan fingerprint density at radius 2 is 2.09 bits per heavy atom. The molecule has 0 atom stereocenters. The van der Waals surface area contributed by atoms with Gasteiger partial charge in [-0.15, -0.1) is 0 Å². The fraction of sp³-hybridized carbons (Fsp3) is 0.444. The van der Waals surface area contributed by atoms with Gasteiger partial charge in [-0.25, -0.2) is 0 Å². The van der Waals surface area contributed by atoms with Crippen LogP contribution in [0.1, 0.15) is 38.2 Å². The normalized spacial score (nSPS) is 16.9. The Morgan fingerprint density at radius 1 is 1.41 bits per heavy atom. The van der Waals surface area contributed by atoms with Crippen molar-refractivity contribution in [1.29, 1.82) is 5.26 Å². The van der Waals surface area contributed by atoms with E-state index in [-0.39, 0.29) is 5.91 Å². The maximum absolute atomic E-state index is 12.1. The van der Waals surface area contributed by atoms with Crippen molar-refractivity contribution in [3.05, 3.63) is 41.5 Å². The minimum absolute atomic E-state index is 0.184. The van der Waals surface area contributed by atoms with Crippen molar-refractivity contribution in [2.45, 2.75) is 44.6 Å². The third-order valence-corrected chi connectivity index (χ3v) is 4.07. The molecule has 1 amide bonds. The first-order chi connectivity index (χ1) is 10.6. The second-order valence-electron chi connectivity index (χ2n) is 5.87. The molecule has 0 heterocycles. The van der Waals surface area contributed by atoms with Gasteiger partial charge in [-0.1, -0.05) is 23.8 Å². The van der Waals surface area contributed by atoms with Crippen molar-refractivity contribution in [3.8, 4) is 11.8 Å². The van der Waals surface area contributed by atoms with Gasteiger partial charge in [-0.3, -0.25) is 4.79 Å². The van der Waals surface area contributed by atoms with Crippen molar-refractivity contribution in [2.24, 2.45) is 0 Å². The van der Waals surface area contributed by atoms with E-state index in [0.717, 1.165) is 42.6 Å². The number of hydrogen-bond donors (Lipinski definition) is 1. The molecule has 0 aliphatic heterocycles. The number of benzene rings is 1. The molecule has 1 saturated carbocycles. The van der Waals surface area contributed by atoms with Crippen LogP contribution in [0, 0.1) is 11.3 Å². The summed E-state index contributed by atoms with van der Waals surface area (Å²) in [7, 11) is 1.64. The number of nitriles is 1. The summed E-state index contributed by atoms with van der Waals surface area (Å²) in [4.78, 5) is 12.1. The predicted octanol–water partition coefficient (Wildman–Crippen LogP) is 3.14. The Labute approximate surface area is 131 Å². The third kappa shape index (κ3) is 3.88. The Morgan fingerprint density at radius 3 is 2.73 bits per heavy atom. The predicted molar refractivity (Wildman–Crippen MR) is 85.4 cm³/mol. The number of carbonyl (C=O) groups is 1. The largest absolute Gasteiger partial charge is 0.496 e. The lowest BCUT2D eigenvalue weighted by atomic mass is 9.99. The molecule has 0 unspecified atom stereocenters. The van der Waals surface area contributed by atoms with E-state index in [0.29, 0.717) is 6.42 Å². The molecule has 1 aromatic rings. The molecule has 4 nitrogen and oxygen atoms in total. The van der Waals surface area contributed by atoms with Gasteiger partial charge in [-0.2, -0.15) is 5.26 Å². The summed E-state index contributed by atoms with van der Waals surface area (Å²) < 4.78 is 5.32. The molecule has 2 rings (SSSR count). The highest BCUT2D eigenvalue weighted by atomic mass is 16.5. The third-order valence-electron chi connectivity index (χ3n) is 4.07. The van der Waals surface area contributed by atoms with Crippen molar-refractivity contribution in [1.82, 2.24) is 5.32 Å². The van der Waals surface area contributed by atoms with Crippen LogP contribution in [0.4, 0.5) is 0 Å². The van der Waals surface area contributed by atoms with Crippen molar-refractivity contribution in [3.63, 3.8) is 0 Å². The monoisotopic (exact) mass is 298 g/mol. The van der Waals surface area contributed by atoms with Crippen molar-refractivity contribution < 1.29 is 9.53 Å². The highest BCUT2D eigenvalue weighted by molar-refractivity contribution is 5.89. The molecule has 0 bridgehead atoms. The lowest BCUT2D eigenvalue weighted by Crippen LogP contribution is -2.44. The Hall–Kier alpha value is -2.28. The molecule has 0 aromatic heterocycles. The van der Waals surface area contributed by atoms with E-state index in [1.807, 2.05) is 31.2 Å². The molecule has 0 spiro atoms. The Kier molecular flexibility index (Phi) is 5.21. The van der Waals surface area contributed by atoms with Gasteiger partial charge in [0.2, 0.25) is 5.91 Å². The van der Waals surface area contributed by atoms with E-state index in [2.05, 4.69) is 11.4 Å². The zero-order valence-electron chi connectivity index (χ0n) is 13.2. The molecule has 1 aromatic carbocycles. The van der Waals surface area contributed by atoms with Gasteiger partial charge in [0.05, 0.1) is 13.2 Å². The summed E-state index contributed by atoms with van der Waals surface area (Å²) in [5.41, 5.74) is 1.31. The van der Waals surface area contributed by atoms with E-state index in [1.165, 1.54) is 0 Å². The zero-order chi connectivity index (χ0) is 16.0. The zero-order valence-corrected chi connectivity index (χ0v) is 13.2. The standard InChI is InChI=1S/C18H22N2O2/c1-14(11-15-7-3-4-8-16(15)22-2)12-17(21)20-18(13-19)9-5-6-10-18/h3-4,7-8,12H,5-6,9-11H2,1-2H3,(H,20,21)/b14-12+. The van der Waals surface area contributed by atoms with E-state index in [9.17, 15) is 10.1 Å². The van der Waals surface area contributed by atoms with Crippen LogP contribution in [0.25, 0.3) is 0 Å². The second-order valence-corrected chi connectivity index (χ2v) is 5.87. The summed E-state index contributed by atoms with van der Waals surface area (Å²) in [6.45, 7) is 1.92. The highest BCUT2D eigenvalue weighted by Gasteiger charge is 2.34. The van der Waals surface area contributed by atoms with Gasteiger partial charge in [0.1, 0.15) is 11.3 Å². The Balaban J connectivity index is 2.02. The van der Waals surface area contributed by atoms with Crippen LogP contribution in [-0.4, -0.2) is 18.6 Å². The molecule has 1 aliphatic rings. The van der Waals surface area contributed by atoms with Crippen molar-refractivity contribution >= 4 is 5.91 Å². The maximum Gasteiger partial charge on any atom is 0.245 e. The minimum atomic E-state index is -0.668. The maximum atomic E-state index is 12.1. The van der Waals surface area contributed by atoms with Crippen LogP contribution in [0.5, 0.6) is 5.75 Å². The summed E-state index contributed by atoms with van der Waals surface area (Å²) in [5, 5.41) is 12.2. The molecule has 1 N–H and O–H groups in total. The number of rotatable bonds is 5. The van der Waals surface area contributed by atoms with Gasteiger partial charge in [0.15, 0.2) is 0 Å². The van der Waals surface area contributed by atoms with Crippen LogP contribution in [-0.2, 0) is 11.2 Å². The van der Waals surface area contributed by atoms with E-state index in [1.54, 1.807) is 13.2 Å². The van der Waals surface area contributed by atoms with Gasteiger partial charge < -0.3 is 10.1 Å². The van der Waals surface area contributed by atoms with E-state index in [4.69, 9.17) is 4.74 Å². The number of allylic oxidation sites excluding steroid dienone is 1. The SMILES string of the molecule is COc1ccccc1C/C(C)=C/C(=O)NC1(C#N)CCCC1. The number of nitrogens with one attached hydrogen (secondary N) is 1. The first-order valence-electron chi connectivity index (χ1n) is 7.61. The van der Waals surface area contributed by atoms with Gasteiger partial charge in [0.25, 0.3) is 0 Å². The topological polar surface area (TPSA) is 62.1 Å². The quantitative estimate of drug-likeness (QED) is 0.849. The molecule has 116 valence electrons. The van der Waals surface area contributed by atoms with Crippen LogP contribution >= 0.6 is 0 Å². The summed E-state index contributed by atoms with van der Waals surface area (Å²) in [5.74, 6) is 0.635. The van der Waals surface area contributed by atoms with Crippen molar-refractivity contribution in [2.75, 3.05) is 7.11 Å². The lowest BCUT2D eigenvalue weighted by Gasteiger charge is -2.21. The summed E-state index contributed by atoms with van der Waals surface area (Å²) in [6, 6.07) is 10.0. The van der Waals surface area contributed by atoms with Crippen LogP contribution in [0.3, 0.4) is 0 Å². The van der Waals surface area contributed by atoms with E-state index >= 15 is 0 Å². The minimum Gasteiger partial charge on any atom is -0.496 e. The first kappa shape index (κ1) is 16.1. The first-order valence-corrected chi connectivity index (χ1v) is 7.61. The Bertz CT molecular complexity index is 608. The average Bonchev–Trinajstić information content (AvgIpc) is 2.96. The second kappa shape index (κ2) is 7.13. The van der Waals surface area contributed by atoms with Gasteiger partial charge in [-0.05, 0) is 50.7 Å². The molecular formula is C18H22N2O2. The number of amides is 1. The van der Waals surface area contributed by atoms with Crippen LogP contribution in [0.2, 0.25) is 0 Å². The smallest absolute Gasteiger partial charge is 0.245 e. The molecule has 1 fully saturated rings. The van der Waals surface area contributed by atoms with E-state index < -0.39 is 5.54 Å². The van der Waals surface area contributed by atoms with Crippen LogP contribution < -0.4 is 10.1 Å². The molecule has 4 heteroatoms. The van der Waals surface area contributed by atoms with Gasteiger partial charge in [0, 0.05) is 6.08 Å². The molecule has 22 heavy (non-hydrogen) atoms.